The highest BCUT2D eigenvalue weighted by Crippen LogP contribution is 2.24. The van der Waals surface area contributed by atoms with Crippen LogP contribution in [-0.4, -0.2) is 27.7 Å². The van der Waals surface area contributed by atoms with Crippen molar-refractivity contribution in [3.63, 3.8) is 0 Å². The summed E-state index contributed by atoms with van der Waals surface area (Å²) in [6.45, 7) is 4.60. The fraction of sp³-hybridized carbons (Fsp3) is 0.263. The van der Waals surface area contributed by atoms with Crippen molar-refractivity contribution in [1.82, 2.24) is 15.3 Å². The number of H-pyrrole nitrogens is 1. The first-order chi connectivity index (χ1) is 11.6. The van der Waals surface area contributed by atoms with Gasteiger partial charge < -0.3 is 10.3 Å². The van der Waals surface area contributed by atoms with Crippen LogP contribution >= 0.6 is 11.8 Å². The average Bonchev–Trinajstić information content (AvgIpc) is 2.97. The van der Waals surface area contributed by atoms with Gasteiger partial charge in [0.2, 0.25) is 5.91 Å². The highest BCUT2D eigenvalue weighted by molar-refractivity contribution is 8.00. The first-order valence-corrected chi connectivity index (χ1v) is 8.94. The van der Waals surface area contributed by atoms with Crippen LogP contribution < -0.4 is 5.32 Å². The number of nitrogens with one attached hydrogen (secondary N) is 2. The molecule has 1 unspecified atom stereocenters. The van der Waals surface area contributed by atoms with Gasteiger partial charge in [0.15, 0.2) is 5.16 Å². The number of aromatic amines is 1. The van der Waals surface area contributed by atoms with E-state index >= 15 is 0 Å². The molecule has 0 spiro atoms. The number of aromatic nitrogens is 2. The number of carbonyl (C=O) groups is 1. The van der Waals surface area contributed by atoms with E-state index in [1.165, 1.54) is 22.9 Å². The number of nitrogens with zero attached hydrogens (tertiary/aromatic N) is 1. The summed E-state index contributed by atoms with van der Waals surface area (Å²) in [5.41, 5.74) is 4.36. The van der Waals surface area contributed by atoms with Gasteiger partial charge in [0.25, 0.3) is 0 Å². The first kappa shape index (κ1) is 16.6. The number of amides is 1. The number of carbonyl (C=O) groups excluding carboxylic acids is 1. The topological polar surface area (TPSA) is 57.8 Å². The van der Waals surface area contributed by atoms with E-state index in [4.69, 9.17) is 0 Å². The number of hydrogen-bond donors (Lipinski definition) is 2. The second kappa shape index (κ2) is 7.53. The maximum absolute atomic E-state index is 12.2. The SMILES string of the molecule is Cc1ccc2nc(SC(C)C(=O)NCCc3ccccc3)[nH]c2c1. The van der Waals surface area contributed by atoms with Gasteiger partial charge in [-0.15, -0.1) is 0 Å². The van der Waals surface area contributed by atoms with Crippen molar-refractivity contribution in [3.8, 4) is 0 Å². The molecule has 124 valence electrons. The van der Waals surface area contributed by atoms with E-state index in [9.17, 15) is 4.79 Å². The Morgan fingerprint density at radius 3 is 2.83 bits per heavy atom. The number of benzene rings is 2. The lowest BCUT2D eigenvalue weighted by atomic mass is 10.1. The minimum atomic E-state index is -0.192. The number of fused-ring (bicyclic) bond motifs is 1. The molecule has 1 atom stereocenters. The summed E-state index contributed by atoms with van der Waals surface area (Å²) in [6.07, 6.45) is 0.841. The van der Waals surface area contributed by atoms with Crippen molar-refractivity contribution in [2.24, 2.45) is 0 Å². The summed E-state index contributed by atoms with van der Waals surface area (Å²) >= 11 is 1.45. The zero-order chi connectivity index (χ0) is 16.9. The summed E-state index contributed by atoms with van der Waals surface area (Å²) in [5.74, 6) is 0.0348. The van der Waals surface area contributed by atoms with Gasteiger partial charge in [-0.3, -0.25) is 4.79 Å². The highest BCUT2D eigenvalue weighted by Gasteiger charge is 2.16. The third-order valence-corrected chi connectivity index (χ3v) is 4.81. The fourth-order valence-electron chi connectivity index (χ4n) is 2.50. The molecule has 0 aliphatic rings. The molecule has 3 rings (SSSR count). The number of thioether (sulfide) groups is 1. The van der Waals surface area contributed by atoms with Crippen LogP contribution in [0.1, 0.15) is 18.1 Å². The lowest BCUT2D eigenvalue weighted by Gasteiger charge is -2.10. The van der Waals surface area contributed by atoms with Crippen molar-refractivity contribution in [1.29, 1.82) is 0 Å². The zero-order valence-corrected chi connectivity index (χ0v) is 14.7. The van der Waals surface area contributed by atoms with E-state index in [0.29, 0.717) is 6.54 Å². The first-order valence-electron chi connectivity index (χ1n) is 8.06. The Balaban J connectivity index is 1.53. The molecule has 1 heterocycles. The van der Waals surface area contributed by atoms with Crippen molar-refractivity contribution < 1.29 is 4.79 Å². The summed E-state index contributed by atoms with van der Waals surface area (Å²) < 4.78 is 0. The Morgan fingerprint density at radius 1 is 1.25 bits per heavy atom. The minimum absolute atomic E-state index is 0.0348. The summed E-state index contributed by atoms with van der Waals surface area (Å²) in [4.78, 5) is 20.0. The summed E-state index contributed by atoms with van der Waals surface area (Å²) in [5, 5.41) is 3.58. The van der Waals surface area contributed by atoms with Gasteiger partial charge in [0.1, 0.15) is 0 Å². The minimum Gasteiger partial charge on any atom is -0.355 e. The summed E-state index contributed by atoms with van der Waals surface area (Å²) in [6, 6.07) is 16.3. The molecule has 0 saturated carbocycles. The molecule has 3 aromatic rings. The Hall–Kier alpha value is -2.27. The third-order valence-electron chi connectivity index (χ3n) is 3.83. The van der Waals surface area contributed by atoms with Crippen LogP contribution in [0.15, 0.2) is 53.7 Å². The van der Waals surface area contributed by atoms with Crippen LogP contribution in [0.2, 0.25) is 0 Å². The molecular weight excluding hydrogens is 318 g/mol. The Morgan fingerprint density at radius 2 is 2.04 bits per heavy atom. The van der Waals surface area contributed by atoms with Crippen LogP contribution in [0.25, 0.3) is 11.0 Å². The molecule has 0 bridgehead atoms. The van der Waals surface area contributed by atoms with Crippen molar-refractivity contribution >= 4 is 28.7 Å². The largest absolute Gasteiger partial charge is 0.355 e. The smallest absolute Gasteiger partial charge is 0.233 e. The molecule has 0 saturated heterocycles. The maximum atomic E-state index is 12.2. The van der Waals surface area contributed by atoms with Gasteiger partial charge in [-0.25, -0.2) is 4.98 Å². The van der Waals surface area contributed by atoms with E-state index in [1.807, 2.05) is 37.3 Å². The molecule has 4 nitrogen and oxygen atoms in total. The molecule has 5 heteroatoms. The van der Waals surface area contributed by atoms with Crippen LogP contribution in [0.5, 0.6) is 0 Å². The quantitative estimate of drug-likeness (QED) is 0.673. The molecule has 1 aromatic heterocycles. The summed E-state index contributed by atoms with van der Waals surface area (Å²) in [7, 11) is 0. The van der Waals surface area contributed by atoms with Gasteiger partial charge in [-0.1, -0.05) is 48.2 Å². The van der Waals surface area contributed by atoms with E-state index in [0.717, 1.165) is 22.6 Å². The van der Waals surface area contributed by atoms with E-state index in [1.54, 1.807) is 0 Å². The van der Waals surface area contributed by atoms with Gasteiger partial charge in [-0.05, 0) is 43.5 Å². The second-order valence-electron chi connectivity index (χ2n) is 5.85. The molecule has 0 radical (unpaired) electrons. The lowest BCUT2D eigenvalue weighted by Crippen LogP contribution is -2.32. The van der Waals surface area contributed by atoms with Crippen LogP contribution in [0, 0.1) is 6.92 Å². The van der Waals surface area contributed by atoms with Crippen molar-refractivity contribution in [3.05, 3.63) is 59.7 Å². The molecule has 24 heavy (non-hydrogen) atoms. The van der Waals surface area contributed by atoms with Gasteiger partial charge in [-0.2, -0.15) is 0 Å². The normalized spacial score (nSPS) is 12.2. The monoisotopic (exact) mass is 339 g/mol. The molecule has 1 amide bonds. The van der Waals surface area contributed by atoms with Crippen LogP contribution in [0.4, 0.5) is 0 Å². The van der Waals surface area contributed by atoms with E-state index < -0.39 is 0 Å². The van der Waals surface area contributed by atoms with Gasteiger partial charge in [0.05, 0.1) is 16.3 Å². The maximum Gasteiger partial charge on any atom is 0.233 e. The average molecular weight is 339 g/mol. The molecule has 2 N–H and O–H groups in total. The Bertz CT molecular complexity index is 829. The third kappa shape index (κ3) is 4.17. The predicted octanol–water partition coefficient (Wildman–Crippen LogP) is 3.71. The Kier molecular flexibility index (Phi) is 5.20. The predicted molar refractivity (Wildman–Crippen MR) is 99.3 cm³/mol. The number of rotatable bonds is 6. The van der Waals surface area contributed by atoms with E-state index in [2.05, 4.69) is 40.4 Å². The van der Waals surface area contributed by atoms with Crippen LogP contribution in [0.3, 0.4) is 0 Å². The van der Waals surface area contributed by atoms with Gasteiger partial charge in [0, 0.05) is 6.54 Å². The Labute approximate surface area is 146 Å². The van der Waals surface area contributed by atoms with Crippen LogP contribution in [-0.2, 0) is 11.2 Å². The highest BCUT2D eigenvalue weighted by atomic mass is 32.2. The molecular formula is C19H21N3OS. The molecule has 0 fully saturated rings. The fourth-order valence-corrected chi connectivity index (χ4v) is 3.34. The second-order valence-corrected chi connectivity index (χ2v) is 7.18. The zero-order valence-electron chi connectivity index (χ0n) is 13.9. The van der Waals surface area contributed by atoms with Crippen molar-refractivity contribution in [2.45, 2.75) is 30.7 Å². The molecule has 0 aliphatic heterocycles. The standard InChI is InChI=1S/C19H21N3OS/c1-13-8-9-16-17(12-13)22-19(21-16)24-14(2)18(23)20-11-10-15-6-4-3-5-7-15/h3-9,12,14H,10-11H2,1-2H3,(H,20,23)(H,21,22). The molecule has 0 aliphatic carbocycles. The lowest BCUT2D eigenvalue weighted by molar-refractivity contribution is -0.120. The van der Waals surface area contributed by atoms with E-state index in [-0.39, 0.29) is 11.2 Å². The molecule has 2 aromatic carbocycles. The van der Waals surface area contributed by atoms with Crippen molar-refractivity contribution in [2.75, 3.05) is 6.54 Å². The number of hydrogen-bond acceptors (Lipinski definition) is 3. The number of aryl methyl sites for hydroxylation is 1. The number of imidazole rings is 1. The van der Waals surface area contributed by atoms with Gasteiger partial charge >= 0.3 is 0 Å².